The van der Waals surface area contributed by atoms with Gasteiger partial charge in [-0.1, -0.05) is 0 Å². The van der Waals surface area contributed by atoms with Crippen LogP contribution in [-0.4, -0.2) is 29.6 Å². The Morgan fingerprint density at radius 3 is 2.57 bits per heavy atom. The van der Waals surface area contributed by atoms with E-state index in [0.717, 1.165) is 12.3 Å². The summed E-state index contributed by atoms with van der Waals surface area (Å²) in [5, 5.41) is 18.3. The molecule has 21 heavy (non-hydrogen) atoms. The molecule has 0 atom stereocenters. The van der Waals surface area contributed by atoms with Crippen molar-refractivity contribution in [3.8, 4) is 5.75 Å². The van der Waals surface area contributed by atoms with E-state index in [0.29, 0.717) is 4.47 Å². The van der Waals surface area contributed by atoms with E-state index in [4.69, 9.17) is 5.11 Å². The van der Waals surface area contributed by atoms with Crippen LogP contribution in [0.1, 0.15) is 10.4 Å². The van der Waals surface area contributed by atoms with Crippen molar-refractivity contribution in [2.45, 2.75) is 4.90 Å². The number of carboxylic acids is 1. The third-order valence-electron chi connectivity index (χ3n) is 2.47. The summed E-state index contributed by atoms with van der Waals surface area (Å²) in [5.74, 6) is -1.64. The maximum atomic E-state index is 12.2. The zero-order valence-corrected chi connectivity index (χ0v) is 12.7. The van der Waals surface area contributed by atoms with Gasteiger partial charge in [0.1, 0.15) is 10.6 Å². The molecule has 0 aliphatic heterocycles. The number of pyridine rings is 1. The van der Waals surface area contributed by atoms with E-state index in [1.165, 1.54) is 24.4 Å². The van der Waals surface area contributed by atoms with Crippen molar-refractivity contribution < 1.29 is 23.4 Å². The summed E-state index contributed by atoms with van der Waals surface area (Å²) in [6, 6.07) is 4.64. The van der Waals surface area contributed by atoms with E-state index in [2.05, 4.69) is 25.6 Å². The molecule has 0 saturated carbocycles. The summed E-state index contributed by atoms with van der Waals surface area (Å²) in [5.41, 5.74) is -0.512. The third kappa shape index (κ3) is 3.50. The quantitative estimate of drug-likeness (QED) is 0.707. The molecule has 0 fully saturated rings. The lowest BCUT2D eigenvalue weighted by Gasteiger charge is -2.10. The minimum Gasteiger partial charge on any atom is -0.508 e. The van der Waals surface area contributed by atoms with Crippen LogP contribution in [0.25, 0.3) is 0 Å². The molecule has 0 aliphatic rings. The molecule has 1 heterocycles. The van der Waals surface area contributed by atoms with Gasteiger partial charge < -0.3 is 10.2 Å². The number of halogens is 1. The molecule has 1 aromatic carbocycles. The number of sulfonamides is 1. The zero-order valence-electron chi connectivity index (χ0n) is 10.3. The fraction of sp³-hybridized carbons (Fsp3) is 0. The van der Waals surface area contributed by atoms with Crippen LogP contribution in [0.3, 0.4) is 0 Å². The van der Waals surface area contributed by atoms with Crippen molar-refractivity contribution in [1.29, 1.82) is 0 Å². The number of phenols is 1. The molecule has 110 valence electrons. The van der Waals surface area contributed by atoms with Crippen LogP contribution in [0, 0.1) is 0 Å². The van der Waals surface area contributed by atoms with Crippen molar-refractivity contribution in [3.63, 3.8) is 0 Å². The number of carbonyl (C=O) groups is 1. The highest BCUT2D eigenvalue weighted by Gasteiger charge is 2.19. The minimum atomic E-state index is -3.99. The van der Waals surface area contributed by atoms with Gasteiger partial charge in [-0.3, -0.25) is 9.71 Å². The van der Waals surface area contributed by atoms with Crippen molar-refractivity contribution in [2.75, 3.05) is 4.72 Å². The van der Waals surface area contributed by atoms with Gasteiger partial charge >= 0.3 is 5.97 Å². The van der Waals surface area contributed by atoms with Crippen LogP contribution in [-0.2, 0) is 10.0 Å². The monoisotopic (exact) mass is 372 g/mol. The molecule has 0 amide bonds. The van der Waals surface area contributed by atoms with Gasteiger partial charge in [-0.25, -0.2) is 13.2 Å². The number of rotatable bonds is 4. The van der Waals surface area contributed by atoms with Crippen molar-refractivity contribution >= 4 is 37.6 Å². The molecule has 0 radical (unpaired) electrons. The molecule has 7 nitrogen and oxygen atoms in total. The topological polar surface area (TPSA) is 117 Å². The lowest BCUT2D eigenvalue weighted by molar-refractivity contribution is 0.0697. The van der Waals surface area contributed by atoms with Crippen LogP contribution >= 0.6 is 15.9 Å². The second-order valence-electron chi connectivity index (χ2n) is 3.98. The summed E-state index contributed by atoms with van der Waals surface area (Å²) < 4.78 is 27.0. The number of anilines is 1. The second kappa shape index (κ2) is 5.70. The Labute approximate surface area is 128 Å². The first-order chi connectivity index (χ1) is 9.79. The van der Waals surface area contributed by atoms with Gasteiger partial charge in [0.2, 0.25) is 0 Å². The molecule has 0 saturated heterocycles. The van der Waals surface area contributed by atoms with Crippen LogP contribution in [0.5, 0.6) is 5.75 Å². The Hall–Kier alpha value is -2.13. The number of phenolic OH excluding ortho intramolecular Hbond substituents is 1. The summed E-state index contributed by atoms with van der Waals surface area (Å²) >= 11 is 3.11. The predicted molar refractivity (Wildman–Crippen MR) is 77.8 cm³/mol. The standard InChI is InChI=1S/C12H9BrN2O5S/c13-7-3-9(6-14-5-7)21(19,20)15-11-2-1-8(16)4-10(11)12(17)18/h1-6,15-16H,(H,17,18). The first-order valence-electron chi connectivity index (χ1n) is 5.49. The largest absolute Gasteiger partial charge is 0.508 e. The summed E-state index contributed by atoms with van der Waals surface area (Å²) in [6.45, 7) is 0. The highest BCUT2D eigenvalue weighted by molar-refractivity contribution is 9.10. The van der Waals surface area contributed by atoms with Gasteiger partial charge in [0.15, 0.2) is 0 Å². The van der Waals surface area contributed by atoms with Gasteiger partial charge in [-0.15, -0.1) is 0 Å². The van der Waals surface area contributed by atoms with Gasteiger partial charge in [-0.2, -0.15) is 0 Å². The molecule has 0 aliphatic carbocycles. The van der Waals surface area contributed by atoms with Crippen molar-refractivity contribution in [2.24, 2.45) is 0 Å². The first kappa shape index (κ1) is 15.3. The smallest absolute Gasteiger partial charge is 0.337 e. The minimum absolute atomic E-state index is 0.124. The molecular formula is C12H9BrN2O5S. The lowest BCUT2D eigenvalue weighted by atomic mass is 10.2. The van der Waals surface area contributed by atoms with E-state index in [9.17, 15) is 18.3 Å². The Balaban J connectivity index is 2.44. The number of aromatic nitrogens is 1. The van der Waals surface area contributed by atoms with Crippen LogP contribution < -0.4 is 4.72 Å². The Kier molecular flexibility index (Phi) is 4.14. The zero-order chi connectivity index (χ0) is 15.6. The average Bonchev–Trinajstić information content (AvgIpc) is 2.40. The summed E-state index contributed by atoms with van der Waals surface area (Å²) in [4.78, 5) is 14.7. The van der Waals surface area contributed by atoms with Crippen LogP contribution in [0.15, 0.2) is 46.0 Å². The Bertz CT molecular complexity index is 807. The van der Waals surface area contributed by atoms with E-state index >= 15 is 0 Å². The van der Waals surface area contributed by atoms with E-state index in [1.54, 1.807) is 0 Å². The number of aromatic hydroxyl groups is 1. The highest BCUT2D eigenvalue weighted by Crippen LogP contribution is 2.24. The molecule has 1 aromatic heterocycles. The SMILES string of the molecule is O=C(O)c1cc(O)ccc1NS(=O)(=O)c1cncc(Br)c1. The fourth-order valence-electron chi connectivity index (χ4n) is 1.54. The second-order valence-corrected chi connectivity index (χ2v) is 6.58. The molecule has 2 aromatic rings. The van der Waals surface area contributed by atoms with E-state index < -0.39 is 16.0 Å². The van der Waals surface area contributed by atoms with Gasteiger partial charge in [0, 0.05) is 16.9 Å². The van der Waals surface area contributed by atoms with Crippen molar-refractivity contribution in [1.82, 2.24) is 4.98 Å². The number of benzene rings is 1. The van der Waals surface area contributed by atoms with Crippen molar-refractivity contribution in [3.05, 3.63) is 46.7 Å². The number of hydrogen-bond acceptors (Lipinski definition) is 5. The molecule has 2 rings (SSSR count). The Morgan fingerprint density at radius 2 is 1.95 bits per heavy atom. The lowest BCUT2D eigenvalue weighted by Crippen LogP contribution is -2.15. The van der Waals surface area contributed by atoms with Gasteiger partial charge in [0.25, 0.3) is 10.0 Å². The molecule has 3 N–H and O–H groups in total. The van der Waals surface area contributed by atoms with Gasteiger partial charge in [-0.05, 0) is 40.2 Å². The first-order valence-corrected chi connectivity index (χ1v) is 7.77. The molecular weight excluding hydrogens is 364 g/mol. The number of aromatic carboxylic acids is 1. The van der Waals surface area contributed by atoms with E-state index in [-0.39, 0.29) is 21.9 Å². The molecule has 0 unspecified atom stereocenters. The predicted octanol–water partition coefficient (Wildman–Crippen LogP) is 2.05. The molecule has 0 bridgehead atoms. The third-order valence-corrected chi connectivity index (χ3v) is 4.23. The summed E-state index contributed by atoms with van der Waals surface area (Å²) in [6.07, 6.45) is 2.55. The Morgan fingerprint density at radius 1 is 1.24 bits per heavy atom. The van der Waals surface area contributed by atoms with Gasteiger partial charge in [0.05, 0.1) is 11.3 Å². The number of hydrogen-bond donors (Lipinski definition) is 3. The van der Waals surface area contributed by atoms with Crippen LogP contribution in [0.2, 0.25) is 0 Å². The fourth-order valence-corrected chi connectivity index (χ4v) is 3.12. The highest BCUT2D eigenvalue weighted by atomic mass is 79.9. The number of nitrogens with one attached hydrogen (secondary N) is 1. The normalized spacial score (nSPS) is 11.1. The molecule has 0 spiro atoms. The van der Waals surface area contributed by atoms with E-state index in [1.807, 2.05) is 0 Å². The summed E-state index contributed by atoms with van der Waals surface area (Å²) in [7, 11) is -3.99. The number of nitrogens with zero attached hydrogens (tertiary/aromatic N) is 1. The molecule has 9 heteroatoms. The van der Waals surface area contributed by atoms with Crippen LogP contribution in [0.4, 0.5) is 5.69 Å². The maximum Gasteiger partial charge on any atom is 0.337 e. The average molecular weight is 373 g/mol. The number of carboxylic acid groups (broad SMARTS) is 1. The maximum absolute atomic E-state index is 12.2.